The largest absolute Gasteiger partial charge is 0.366 e. The number of amides is 3. The summed E-state index contributed by atoms with van der Waals surface area (Å²) in [6.45, 7) is 2.14. The van der Waals surface area contributed by atoms with Gasteiger partial charge in [0.25, 0.3) is 0 Å². The molecule has 1 saturated heterocycles. The summed E-state index contributed by atoms with van der Waals surface area (Å²) in [6, 6.07) is 18.2. The Kier molecular flexibility index (Phi) is 7.73. The van der Waals surface area contributed by atoms with Crippen molar-refractivity contribution < 1.29 is 22.8 Å². The highest BCUT2D eigenvalue weighted by Crippen LogP contribution is 2.33. The van der Waals surface area contributed by atoms with Gasteiger partial charge in [-0.05, 0) is 72.7 Å². The number of fused-ring (bicyclic) bond motifs is 1. The second-order valence-corrected chi connectivity index (χ2v) is 12.2. The maximum atomic E-state index is 13.4. The normalized spacial score (nSPS) is 19.4. The first-order chi connectivity index (χ1) is 19.1. The van der Waals surface area contributed by atoms with Crippen molar-refractivity contribution >= 4 is 27.7 Å². The maximum absolute atomic E-state index is 13.4. The molecule has 2 atom stereocenters. The number of aryl methyl sites for hydroxylation is 2. The molecule has 40 heavy (non-hydrogen) atoms. The van der Waals surface area contributed by atoms with Crippen molar-refractivity contribution in [3.8, 4) is 11.1 Å². The lowest BCUT2D eigenvalue weighted by Crippen LogP contribution is -2.58. The number of hydrogen-bond donors (Lipinski definition) is 3. The van der Waals surface area contributed by atoms with Crippen LogP contribution in [-0.4, -0.2) is 49.6 Å². The van der Waals surface area contributed by atoms with E-state index in [4.69, 9.17) is 5.73 Å². The molecule has 1 aliphatic carbocycles. The van der Waals surface area contributed by atoms with Gasteiger partial charge in [0.15, 0.2) is 0 Å². The van der Waals surface area contributed by atoms with E-state index in [9.17, 15) is 22.8 Å². The average molecular weight is 561 g/mol. The van der Waals surface area contributed by atoms with Crippen molar-refractivity contribution in [3.05, 3.63) is 89.0 Å². The van der Waals surface area contributed by atoms with Gasteiger partial charge in [0.1, 0.15) is 6.04 Å². The lowest BCUT2D eigenvalue weighted by molar-refractivity contribution is -0.132. The van der Waals surface area contributed by atoms with Crippen molar-refractivity contribution in [2.24, 2.45) is 5.73 Å². The fourth-order valence-electron chi connectivity index (χ4n) is 5.45. The van der Waals surface area contributed by atoms with Crippen LogP contribution in [0.4, 0.5) is 0 Å². The molecule has 1 unspecified atom stereocenters. The molecule has 2 aliphatic rings. The summed E-state index contributed by atoms with van der Waals surface area (Å²) in [7, 11) is -3.96. The third-order valence-electron chi connectivity index (χ3n) is 7.56. The number of benzene rings is 3. The minimum atomic E-state index is -3.96. The molecule has 1 fully saturated rings. The molecule has 0 radical (unpaired) electrons. The van der Waals surface area contributed by atoms with Crippen LogP contribution in [0.2, 0.25) is 0 Å². The Balaban J connectivity index is 1.33. The molecule has 3 aromatic rings. The van der Waals surface area contributed by atoms with E-state index >= 15 is 0 Å². The van der Waals surface area contributed by atoms with E-state index in [2.05, 4.69) is 16.7 Å². The molecule has 1 aliphatic heterocycles. The third kappa shape index (κ3) is 5.64. The van der Waals surface area contributed by atoms with E-state index in [0.717, 1.165) is 51.4 Å². The summed E-state index contributed by atoms with van der Waals surface area (Å²) < 4.78 is 27.9. The van der Waals surface area contributed by atoms with Crippen LogP contribution in [0.1, 0.15) is 52.4 Å². The van der Waals surface area contributed by atoms with Crippen molar-refractivity contribution in [2.45, 2.75) is 49.6 Å². The number of rotatable bonds is 7. The molecule has 3 aromatic carbocycles. The van der Waals surface area contributed by atoms with Gasteiger partial charge in [0, 0.05) is 18.7 Å². The van der Waals surface area contributed by atoms with E-state index in [0.29, 0.717) is 5.56 Å². The number of primary amides is 1. The van der Waals surface area contributed by atoms with Crippen LogP contribution in [0, 0.1) is 6.92 Å². The Hall–Kier alpha value is -4.02. The molecule has 0 bridgehead atoms. The van der Waals surface area contributed by atoms with Crippen LogP contribution >= 0.6 is 0 Å². The number of carbonyl (C=O) groups excluding carboxylic acids is 3. The SMILES string of the molecule is Cc1ccc(S(=O)(=O)N2CCNC(=O)C2CC(=O)N[C@@H]2CCCc3cc(-c4cccc(C(N)=O)c4)ccc32)cc1. The van der Waals surface area contributed by atoms with Crippen LogP contribution in [0.15, 0.2) is 71.6 Å². The van der Waals surface area contributed by atoms with Crippen LogP contribution in [-0.2, 0) is 26.0 Å². The van der Waals surface area contributed by atoms with Gasteiger partial charge in [-0.25, -0.2) is 8.42 Å². The summed E-state index contributed by atoms with van der Waals surface area (Å²) >= 11 is 0. The van der Waals surface area contributed by atoms with Crippen molar-refractivity contribution in [1.29, 1.82) is 0 Å². The van der Waals surface area contributed by atoms with Crippen LogP contribution in [0.25, 0.3) is 11.1 Å². The number of nitrogens with zero attached hydrogens (tertiary/aromatic N) is 1. The van der Waals surface area contributed by atoms with Gasteiger partial charge in [-0.1, -0.05) is 48.0 Å². The highest BCUT2D eigenvalue weighted by Gasteiger charge is 2.40. The topological polar surface area (TPSA) is 139 Å². The number of sulfonamides is 1. The van der Waals surface area contributed by atoms with Crippen molar-refractivity contribution in [3.63, 3.8) is 0 Å². The van der Waals surface area contributed by atoms with E-state index in [-0.39, 0.29) is 36.4 Å². The minimum Gasteiger partial charge on any atom is -0.366 e. The highest BCUT2D eigenvalue weighted by molar-refractivity contribution is 7.89. The molecule has 0 saturated carbocycles. The molecule has 10 heteroatoms. The van der Waals surface area contributed by atoms with Crippen LogP contribution in [0.3, 0.4) is 0 Å². The van der Waals surface area contributed by atoms with Gasteiger partial charge in [-0.15, -0.1) is 0 Å². The zero-order valence-electron chi connectivity index (χ0n) is 22.2. The molecular weight excluding hydrogens is 528 g/mol. The Morgan fingerprint density at radius 2 is 1.80 bits per heavy atom. The number of piperazine rings is 1. The molecule has 0 spiro atoms. The molecule has 9 nitrogen and oxygen atoms in total. The van der Waals surface area contributed by atoms with E-state index < -0.39 is 27.9 Å². The summed E-state index contributed by atoms with van der Waals surface area (Å²) in [4.78, 5) is 37.7. The van der Waals surface area contributed by atoms with Gasteiger partial charge in [0.2, 0.25) is 27.7 Å². The van der Waals surface area contributed by atoms with Gasteiger partial charge in [-0.3, -0.25) is 14.4 Å². The fourth-order valence-corrected chi connectivity index (χ4v) is 7.03. The summed E-state index contributed by atoms with van der Waals surface area (Å²) in [5.74, 6) is -1.36. The summed E-state index contributed by atoms with van der Waals surface area (Å²) in [5, 5.41) is 5.74. The lowest BCUT2D eigenvalue weighted by atomic mass is 9.85. The van der Waals surface area contributed by atoms with Crippen molar-refractivity contribution in [1.82, 2.24) is 14.9 Å². The highest BCUT2D eigenvalue weighted by atomic mass is 32.2. The van der Waals surface area contributed by atoms with Gasteiger partial charge in [0.05, 0.1) is 17.4 Å². The third-order valence-corrected chi connectivity index (χ3v) is 9.48. The number of carbonyl (C=O) groups is 3. The number of hydrogen-bond acceptors (Lipinski definition) is 5. The summed E-state index contributed by atoms with van der Waals surface area (Å²) in [6.07, 6.45) is 2.16. The first-order valence-electron chi connectivity index (χ1n) is 13.3. The first kappa shape index (κ1) is 27.5. The van der Waals surface area contributed by atoms with E-state index in [1.165, 1.54) is 12.1 Å². The van der Waals surface area contributed by atoms with Gasteiger partial charge < -0.3 is 16.4 Å². The molecule has 4 N–H and O–H groups in total. The Morgan fingerprint density at radius 3 is 2.55 bits per heavy atom. The number of nitrogens with one attached hydrogen (secondary N) is 2. The molecule has 208 valence electrons. The lowest BCUT2D eigenvalue weighted by Gasteiger charge is -2.34. The Morgan fingerprint density at radius 1 is 1.05 bits per heavy atom. The number of nitrogens with two attached hydrogens (primary N) is 1. The zero-order chi connectivity index (χ0) is 28.4. The molecule has 0 aromatic heterocycles. The predicted octanol–water partition coefficient (Wildman–Crippen LogP) is 2.83. The second-order valence-electron chi connectivity index (χ2n) is 10.3. The maximum Gasteiger partial charge on any atom is 0.248 e. The molecular formula is C30H32N4O5S. The fraction of sp³-hybridized carbons (Fsp3) is 0.300. The molecule has 3 amide bonds. The smallest absolute Gasteiger partial charge is 0.248 e. The Bertz CT molecular complexity index is 1570. The monoisotopic (exact) mass is 560 g/mol. The van der Waals surface area contributed by atoms with E-state index in [1.54, 1.807) is 30.3 Å². The predicted molar refractivity (Wildman–Crippen MR) is 151 cm³/mol. The van der Waals surface area contributed by atoms with Crippen LogP contribution < -0.4 is 16.4 Å². The Labute approximate surface area is 233 Å². The molecule has 1 heterocycles. The molecule has 5 rings (SSSR count). The summed E-state index contributed by atoms with van der Waals surface area (Å²) in [5.41, 5.74) is 10.7. The first-order valence-corrected chi connectivity index (χ1v) is 14.8. The zero-order valence-corrected chi connectivity index (χ0v) is 23.0. The quantitative estimate of drug-likeness (QED) is 0.408. The van der Waals surface area contributed by atoms with E-state index in [1.807, 2.05) is 25.1 Å². The van der Waals surface area contributed by atoms with Gasteiger partial charge >= 0.3 is 0 Å². The minimum absolute atomic E-state index is 0.0892. The van der Waals surface area contributed by atoms with Crippen molar-refractivity contribution in [2.75, 3.05) is 13.1 Å². The average Bonchev–Trinajstić information content (AvgIpc) is 2.94. The van der Waals surface area contributed by atoms with Gasteiger partial charge in [-0.2, -0.15) is 4.31 Å². The standard InChI is InChI=1S/C30H32N4O5S/c1-19-8-11-24(12-9-19)40(38,39)34-15-14-32-30(37)27(34)18-28(35)33-26-7-3-5-22-16-21(10-13-25(22)26)20-4-2-6-23(17-20)29(31)36/h2,4,6,8-13,16-17,26-27H,3,5,7,14-15,18H2,1H3,(H2,31,36)(H,32,37)(H,33,35)/t26-,27?/m1/s1. The second kappa shape index (κ2) is 11.2. The van der Waals surface area contributed by atoms with Crippen LogP contribution in [0.5, 0.6) is 0 Å².